The summed E-state index contributed by atoms with van der Waals surface area (Å²) in [6.45, 7) is 20.4. The minimum Gasteiger partial charge on any atom is -0.481 e. The molecule has 0 unspecified atom stereocenters. The first-order valence-electron chi connectivity index (χ1n) is 17.2. The molecule has 0 aliphatic heterocycles. The Labute approximate surface area is 269 Å². The molecule has 8 nitrogen and oxygen atoms in total. The Morgan fingerprint density at radius 3 is 2.11 bits per heavy atom. The first kappa shape index (κ1) is 34.0. The van der Waals surface area contributed by atoms with E-state index in [1.54, 1.807) is 13.8 Å². The lowest BCUT2D eigenvalue weighted by molar-refractivity contribution is -0.206. The molecule has 0 spiro atoms. The predicted octanol–water partition coefficient (Wildman–Crippen LogP) is 8.12. The van der Waals surface area contributed by atoms with Gasteiger partial charge in [-0.05, 0) is 124 Å². The van der Waals surface area contributed by atoms with Gasteiger partial charge in [0.15, 0.2) is 5.78 Å². The molecule has 0 bridgehead atoms. The fourth-order valence-corrected chi connectivity index (χ4v) is 11.4. The molecule has 0 heterocycles. The van der Waals surface area contributed by atoms with Crippen LogP contribution in [0.3, 0.4) is 0 Å². The number of carbonyl (C=O) groups is 4. The molecular formula is C37H56O8. The van der Waals surface area contributed by atoms with Crippen LogP contribution in [0.1, 0.15) is 127 Å². The number of aliphatic carboxylic acids is 1. The van der Waals surface area contributed by atoms with Crippen LogP contribution in [0, 0.1) is 56.2 Å². The van der Waals surface area contributed by atoms with Crippen molar-refractivity contribution in [1.29, 1.82) is 0 Å². The van der Waals surface area contributed by atoms with Crippen molar-refractivity contribution in [2.45, 2.75) is 139 Å². The summed E-state index contributed by atoms with van der Waals surface area (Å²) in [7, 11) is 0. The first-order chi connectivity index (χ1) is 20.6. The third-order valence-electron chi connectivity index (χ3n) is 14.3. The second kappa shape index (κ2) is 10.8. The molecule has 45 heavy (non-hydrogen) atoms. The highest BCUT2D eigenvalue weighted by atomic mass is 16.8. The largest absolute Gasteiger partial charge is 0.511 e. The highest BCUT2D eigenvalue weighted by Gasteiger charge is 2.70. The third-order valence-corrected chi connectivity index (χ3v) is 14.3. The average molecular weight is 629 g/mol. The molecule has 5 rings (SSSR count). The number of carboxylic acid groups (broad SMARTS) is 1. The minimum absolute atomic E-state index is 0.0116. The molecule has 0 radical (unpaired) electrons. The SMILES string of the molecule is CC(C)OC(=O)O[C@@H](C)OC(=O)[C@H]1CC[C@]2(C)[C@H]3C(=O)C=C4[C@@H]5C[C@@](C)(C(=O)O)CC[C@]5(C)CC[C@@]4(C)[C@]3(C)CC[C@H]2C1(C)C. The van der Waals surface area contributed by atoms with E-state index in [1.165, 1.54) is 12.5 Å². The van der Waals surface area contributed by atoms with Gasteiger partial charge in [-0.2, -0.15) is 0 Å². The van der Waals surface area contributed by atoms with Crippen molar-refractivity contribution < 1.29 is 38.5 Å². The van der Waals surface area contributed by atoms with E-state index >= 15 is 0 Å². The summed E-state index contributed by atoms with van der Waals surface area (Å²) in [6, 6.07) is 0. The maximum absolute atomic E-state index is 14.6. The number of hydrogen-bond acceptors (Lipinski definition) is 7. The van der Waals surface area contributed by atoms with Gasteiger partial charge in [-0.1, -0.05) is 47.1 Å². The maximum Gasteiger partial charge on any atom is 0.511 e. The molecule has 8 heteroatoms. The monoisotopic (exact) mass is 628 g/mol. The number of esters is 1. The molecule has 5 aliphatic carbocycles. The zero-order valence-electron chi connectivity index (χ0n) is 29.2. The summed E-state index contributed by atoms with van der Waals surface area (Å²) in [5, 5.41) is 10.2. The number of allylic oxidation sites excluding steroid dienone is 2. The Morgan fingerprint density at radius 1 is 0.844 bits per heavy atom. The molecule has 5 aliphatic rings. The molecule has 1 N–H and O–H groups in total. The summed E-state index contributed by atoms with van der Waals surface area (Å²) < 4.78 is 15.8. The van der Waals surface area contributed by atoms with Crippen LogP contribution in [0.2, 0.25) is 0 Å². The lowest BCUT2D eigenvalue weighted by Gasteiger charge is -2.70. The smallest absolute Gasteiger partial charge is 0.481 e. The zero-order chi connectivity index (χ0) is 33.5. The number of rotatable bonds is 5. The van der Waals surface area contributed by atoms with Gasteiger partial charge in [0.25, 0.3) is 0 Å². The van der Waals surface area contributed by atoms with E-state index in [-0.39, 0.29) is 63.2 Å². The molecule has 252 valence electrons. The number of ketones is 1. The Hall–Kier alpha value is -2.38. The second-order valence-corrected chi connectivity index (χ2v) is 17.5. The number of hydrogen-bond donors (Lipinski definition) is 1. The maximum atomic E-state index is 14.6. The second-order valence-electron chi connectivity index (χ2n) is 17.5. The fourth-order valence-electron chi connectivity index (χ4n) is 11.4. The highest BCUT2D eigenvalue weighted by molar-refractivity contribution is 5.96. The van der Waals surface area contributed by atoms with Crippen LogP contribution >= 0.6 is 0 Å². The normalized spacial score (nSPS) is 44.2. The van der Waals surface area contributed by atoms with E-state index in [0.717, 1.165) is 38.5 Å². The quantitative estimate of drug-likeness (QED) is 0.240. The molecule has 0 aromatic carbocycles. The lowest BCUT2D eigenvalue weighted by atomic mass is 9.33. The molecule has 4 saturated carbocycles. The van der Waals surface area contributed by atoms with Crippen molar-refractivity contribution in [3.05, 3.63) is 11.6 Å². The van der Waals surface area contributed by atoms with Crippen LogP contribution in [-0.2, 0) is 28.6 Å². The van der Waals surface area contributed by atoms with Crippen LogP contribution in [0.25, 0.3) is 0 Å². The Bertz CT molecular complexity index is 1300. The average Bonchev–Trinajstić information content (AvgIpc) is 2.89. The van der Waals surface area contributed by atoms with E-state index in [4.69, 9.17) is 14.2 Å². The van der Waals surface area contributed by atoms with Crippen molar-refractivity contribution in [3.8, 4) is 0 Å². The number of ether oxygens (including phenoxy) is 3. The van der Waals surface area contributed by atoms with Crippen LogP contribution in [0.5, 0.6) is 0 Å². The Kier molecular flexibility index (Phi) is 8.18. The van der Waals surface area contributed by atoms with Crippen LogP contribution < -0.4 is 0 Å². The van der Waals surface area contributed by atoms with Crippen molar-refractivity contribution in [1.82, 2.24) is 0 Å². The molecule has 4 fully saturated rings. The van der Waals surface area contributed by atoms with Crippen molar-refractivity contribution in [2.75, 3.05) is 0 Å². The van der Waals surface area contributed by atoms with Crippen LogP contribution in [-0.4, -0.2) is 41.4 Å². The van der Waals surface area contributed by atoms with Gasteiger partial charge in [0.05, 0.1) is 17.4 Å². The molecular weight excluding hydrogens is 572 g/mol. The predicted molar refractivity (Wildman–Crippen MR) is 169 cm³/mol. The number of carboxylic acids is 1. The van der Waals surface area contributed by atoms with Gasteiger partial charge in [0.2, 0.25) is 6.29 Å². The summed E-state index contributed by atoms with van der Waals surface area (Å²) in [5.41, 5.74) is -0.762. The highest BCUT2D eigenvalue weighted by Crippen LogP contribution is 2.75. The van der Waals surface area contributed by atoms with Gasteiger partial charge in [0, 0.05) is 12.8 Å². The Morgan fingerprint density at radius 2 is 1.49 bits per heavy atom. The third kappa shape index (κ3) is 5.06. The van der Waals surface area contributed by atoms with Gasteiger partial charge < -0.3 is 19.3 Å². The summed E-state index contributed by atoms with van der Waals surface area (Å²) >= 11 is 0. The van der Waals surface area contributed by atoms with Crippen molar-refractivity contribution in [3.63, 3.8) is 0 Å². The van der Waals surface area contributed by atoms with E-state index in [2.05, 4.69) is 41.5 Å². The molecule has 0 aromatic rings. The lowest BCUT2D eigenvalue weighted by Crippen LogP contribution is -2.66. The Balaban J connectivity index is 1.43. The van der Waals surface area contributed by atoms with E-state index in [9.17, 15) is 24.3 Å². The molecule has 0 aromatic heterocycles. The summed E-state index contributed by atoms with van der Waals surface area (Å²) in [5.74, 6) is -1.29. The summed E-state index contributed by atoms with van der Waals surface area (Å²) in [4.78, 5) is 52.5. The van der Waals surface area contributed by atoms with Gasteiger partial charge in [0.1, 0.15) is 0 Å². The van der Waals surface area contributed by atoms with Crippen LogP contribution in [0.4, 0.5) is 4.79 Å². The molecule has 0 saturated heterocycles. The first-order valence-corrected chi connectivity index (χ1v) is 17.2. The van der Waals surface area contributed by atoms with E-state index in [0.29, 0.717) is 19.3 Å². The van der Waals surface area contributed by atoms with Crippen molar-refractivity contribution in [2.24, 2.45) is 56.2 Å². The van der Waals surface area contributed by atoms with Crippen LogP contribution in [0.15, 0.2) is 11.6 Å². The molecule has 10 atom stereocenters. The van der Waals surface area contributed by atoms with Gasteiger partial charge >= 0.3 is 18.1 Å². The fraction of sp³-hybridized carbons (Fsp3) is 0.838. The molecule has 0 amide bonds. The zero-order valence-corrected chi connectivity index (χ0v) is 29.2. The van der Waals surface area contributed by atoms with Gasteiger partial charge in [-0.3, -0.25) is 14.4 Å². The number of carbonyl (C=O) groups excluding carboxylic acids is 3. The van der Waals surface area contributed by atoms with Crippen molar-refractivity contribution >= 4 is 23.9 Å². The standard InChI is InChI=1S/C37H56O8/c1-21(2)43-31(42)45-22(3)44-29(39)23-11-13-35(8)27(32(23,4)5)12-14-37(10)28(35)26(38)19-24-25-20-34(7,30(40)41)16-15-33(25,6)17-18-36(24,37)9/h19,21-23,25,27-28H,11-18,20H2,1-10H3,(H,40,41)/t22-,23+,25-,27-,28+,33+,34-,35-,36+,37+/m0/s1. The van der Waals surface area contributed by atoms with E-state index < -0.39 is 29.2 Å². The van der Waals surface area contributed by atoms with Gasteiger partial charge in [-0.15, -0.1) is 0 Å². The van der Waals surface area contributed by atoms with E-state index in [1.807, 2.05) is 13.0 Å². The topological polar surface area (TPSA) is 116 Å². The number of fused-ring (bicyclic) bond motifs is 7. The van der Waals surface area contributed by atoms with Gasteiger partial charge in [-0.25, -0.2) is 4.79 Å². The minimum atomic E-state index is -1.06. The summed E-state index contributed by atoms with van der Waals surface area (Å²) in [6.07, 6.45) is 6.99.